The Morgan fingerprint density at radius 3 is 2.55 bits per heavy atom. The zero-order valence-electron chi connectivity index (χ0n) is 12.6. The Balaban J connectivity index is 2.24. The van der Waals surface area contributed by atoms with Crippen LogP contribution >= 0.6 is 11.3 Å². The van der Waals surface area contributed by atoms with E-state index in [9.17, 15) is 8.42 Å². The first-order valence-electron chi connectivity index (χ1n) is 7.08. The van der Waals surface area contributed by atoms with Gasteiger partial charge in [0.1, 0.15) is 4.90 Å². The Kier molecular flexibility index (Phi) is 4.59. The molecule has 0 atom stereocenters. The van der Waals surface area contributed by atoms with Crippen molar-refractivity contribution in [1.29, 1.82) is 0 Å². The van der Waals surface area contributed by atoms with Crippen LogP contribution in [0.25, 0.3) is 0 Å². The molecule has 0 spiro atoms. The second-order valence-electron chi connectivity index (χ2n) is 6.23. The van der Waals surface area contributed by atoms with E-state index in [-0.39, 0.29) is 5.54 Å². The van der Waals surface area contributed by atoms with E-state index in [0.29, 0.717) is 17.5 Å². The third-order valence-corrected chi connectivity index (χ3v) is 6.87. The predicted molar refractivity (Wildman–Crippen MR) is 83.6 cm³/mol. The molecule has 1 fully saturated rings. The lowest BCUT2D eigenvalue weighted by Crippen LogP contribution is -2.50. The normalized spacial score (nSPS) is 18.2. The highest BCUT2D eigenvalue weighted by Gasteiger charge is 2.37. The number of aryl methyl sites for hydroxylation is 1. The molecule has 0 radical (unpaired) electrons. The van der Waals surface area contributed by atoms with Crippen molar-refractivity contribution in [2.75, 3.05) is 0 Å². The summed E-state index contributed by atoms with van der Waals surface area (Å²) in [6, 6.07) is 0.338. The Hall–Kier alpha value is -0.430. The summed E-state index contributed by atoms with van der Waals surface area (Å²) >= 11 is 1.51. The molecular formula is C14H24N2O2S2. The summed E-state index contributed by atoms with van der Waals surface area (Å²) in [5, 5.41) is 5.22. The lowest BCUT2D eigenvalue weighted by molar-refractivity contribution is 0.248. The van der Waals surface area contributed by atoms with Crippen molar-refractivity contribution < 1.29 is 8.42 Å². The minimum Gasteiger partial charge on any atom is -0.310 e. The van der Waals surface area contributed by atoms with E-state index >= 15 is 0 Å². The van der Waals surface area contributed by atoms with E-state index in [2.05, 4.69) is 23.9 Å². The van der Waals surface area contributed by atoms with E-state index in [1.54, 1.807) is 0 Å². The van der Waals surface area contributed by atoms with Crippen molar-refractivity contribution in [1.82, 2.24) is 10.0 Å². The van der Waals surface area contributed by atoms with Crippen LogP contribution in [-0.2, 0) is 16.6 Å². The summed E-state index contributed by atoms with van der Waals surface area (Å²) in [5.74, 6) is 0. The molecule has 20 heavy (non-hydrogen) atoms. The quantitative estimate of drug-likeness (QED) is 0.848. The molecule has 2 rings (SSSR count). The molecule has 1 saturated carbocycles. The molecule has 6 heteroatoms. The molecule has 2 N–H and O–H groups in total. The molecule has 0 aliphatic heterocycles. The van der Waals surface area contributed by atoms with Gasteiger partial charge in [-0.2, -0.15) is 0 Å². The third kappa shape index (κ3) is 3.42. The summed E-state index contributed by atoms with van der Waals surface area (Å²) in [5.41, 5.74) is 0.585. The van der Waals surface area contributed by atoms with Gasteiger partial charge < -0.3 is 5.32 Å². The summed E-state index contributed by atoms with van der Waals surface area (Å²) < 4.78 is 28.2. The number of sulfonamides is 1. The first-order valence-corrected chi connectivity index (χ1v) is 9.44. The van der Waals surface area contributed by atoms with Crippen LogP contribution < -0.4 is 10.0 Å². The van der Waals surface area contributed by atoms with E-state index in [1.165, 1.54) is 11.3 Å². The van der Waals surface area contributed by atoms with Crippen molar-refractivity contribution in [3.05, 3.63) is 15.8 Å². The third-order valence-electron chi connectivity index (χ3n) is 3.77. The van der Waals surface area contributed by atoms with Gasteiger partial charge in [-0.3, -0.25) is 0 Å². The van der Waals surface area contributed by atoms with Gasteiger partial charge in [-0.05, 0) is 44.1 Å². The van der Waals surface area contributed by atoms with Crippen LogP contribution in [-0.4, -0.2) is 20.0 Å². The van der Waals surface area contributed by atoms with Crippen molar-refractivity contribution in [3.63, 3.8) is 0 Å². The van der Waals surface area contributed by atoms with E-state index < -0.39 is 10.0 Å². The van der Waals surface area contributed by atoms with Gasteiger partial charge in [-0.1, -0.05) is 13.8 Å². The highest BCUT2D eigenvalue weighted by Crippen LogP contribution is 2.34. The van der Waals surface area contributed by atoms with Crippen molar-refractivity contribution in [3.8, 4) is 0 Å². The Morgan fingerprint density at radius 2 is 2.05 bits per heavy atom. The Bertz CT molecular complexity index is 572. The molecule has 0 amide bonds. The first kappa shape index (κ1) is 15.9. The van der Waals surface area contributed by atoms with Crippen LogP contribution in [0.5, 0.6) is 0 Å². The topological polar surface area (TPSA) is 58.2 Å². The smallest absolute Gasteiger partial charge is 0.242 e. The van der Waals surface area contributed by atoms with Crippen molar-refractivity contribution in [2.24, 2.45) is 0 Å². The average Bonchev–Trinajstić information content (AvgIpc) is 2.66. The monoisotopic (exact) mass is 316 g/mol. The van der Waals surface area contributed by atoms with Gasteiger partial charge in [0.15, 0.2) is 0 Å². The molecule has 0 bridgehead atoms. The largest absolute Gasteiger partial charge is 0.310 e. The molecule has 1 heterocycles. The molecule has 0 aromatic carbocycles. The Labute approximate surface area is 126 Å². The molecule has 1 aromatic heterocycles. The fourth-order valence-corrected chi connectivity index (χ4v) is 5.68. The van der Waals surface area contributed by atoms with E-state index in [0.717, 1.165) is 29.7 Å². The minimum absolute atomic E-state index is 0.254. The van der Waals surface area contributed by atoms with Gasteiger partial charge >= 0.3 is 0 Å². The van der Waals surface area contributed by atoms with Crippen LogP contribution in [0.2, 0.25) is 0 Å². The standard InChI is InChI=1S/C14H24N2O2S2/c1-10(2)15-8-12-13(11(3)9-19-12)20(17,18)16-14(4)6-5-7-14/h9-10,15-16H,5-8H2,1-4H3. The maximum atomic E-state index is 12.7. The van der Waals surface area contributed by atoms with Crippen molar-refractivity contribution >= 4 is 21.4 Å². The molecule has 114 valence electrons. The lowest BCUT2D eigenvalue weighted by Gasteiger charge is -2.38. The first-order chi connectivity index (χ1) is 9.23. The Morgan fingerprint density at radius 1 is 1.40 bits per heavy atom. The maximum Gasteiger partial charge on any atom is 0.242 e. The average molecular weight is 316 g/mol. The summed E-state index contributed by atoms with van der Waals surface area (Å²) in [6.45, 7) is 8.57. The second kappa shape index (κ2) is 5.75. The summed E-state index contributed by atoms with van der Waals surface area (Å²) in [4.78, 5) is 1.37. The van der Waals surface area contributed by atoms with E-state index in [1.807, 2.05) is 19.2 Å². The molecule has 4 nitrogen and oxygen atoms in total. The van der Waals surface area contributed by atoms with Crippen LogP contribution in [0.4, 0.5) is 0 Å². The highest BCUT2D eigenvalue weighted by atomic mass is 32.2. The van der Waals surface area contributed by atoms with Crippen LogP contribution in [0.15, 0.2) is 10.3 Å². The highest BCUT2D eigenvalue weighted by molar-refractivity contribution is 7.89. The summed E-state index contributed by atoms with van der Waals surface area (Å²) in [6.07, 6.45) is 2.95. The van der Waals surface area contributed by atoms with Gasteiger partial charge in [0, 0.05) is 23.0 Å². The van der Waals surface area contributed by atoms with Crippen LogP contribution in [0.1, 0.15) is 50.5 Å². The molecule has 1 aromatic rings. The maximum absolute atomic E-state index is 12.7. The summed E-state index contributed by atoms with van der Waals surface area (Å²) in [7, 11) is -3.42. The zero-order valence-corrected chi connectivity index (χ0v) is 14.2. The number of hydrogen-bond acceptors (Lipinski definition) is 4. The van der Waals surface area contributed by atoms with Crippen molar-refractivity contribution in [2.45, 2.75) is 70.0 Å². The number of rotatable bonds is 6. The molecule has 1 aliphatic carbocycles. The second-order valence-corrected chi connectivity index (χ2v) is 8.81. The van der Waals surface area contributed by atoms with Gasteiger partial charge in [-0.25, -0.2) is 13.1 Å². The molecule has 1 aliphatic rings. The number of nitrogens with one attached hydrogen (secondary N) is 2. The molecule has 0 unspecified atom stereocenters. The van der Waals surface area contributed by atoms with Gasteiger partial charge in [-0.15, -0.1) is 11.3 Å². The number of thiophene rings is 1. The SMILES string of the molecule is Cc1csc(CNC(C)C)c1S(=O)(=O)NC1(C)CCC1. The van der Waals surface area contributed by atoms with Gasteiger partial charge in [0.25, 0.3) is 0 Å². The zero-order chi connectivity index (χ0) is 15.0. The lowest BCUT2D eigenvalue weighted by atomic mass is 9.80. The predicted octanol–water partition coefficient (Wildman–Crippen LogP) is 2.78. The van der Waals surface area contributed by atoms with Gasteiger partial charge in [0.05, 0.1) is 0 Å². The molecule has 0 saturated heterocycles. The number of hydrogen-bond donors (Lipinski definition) is 2. The molecular weight excluding hydrogens is 292 g/mol. The van der Waals surface area contributed by atoms with Gasteiger partial charge in [0.2, 0.25) is 10.0 Å². The van der Waals surface area contributed by atoms with Crippen LogP contribution in [0.3, 0.4) is 0 Å². The fourth-order valence-electron chi connectivity index (χ4n) is 2.45. The van der Waals surface area contributed by atoms with Crippen LogP contribution in [0, 0.1) is 6.92 Å². The minimum atomic E-state index is -3.42. The fraction of sp³-hybridized carbons (Fsp3) is 0.714. The van der Waals surface area contributed by atoms with E-state index in [4.69, 9.17) is 0 Å².